The third-order valence-corrected chi connectivity index (χ3v) is 5.58. The van der Waals surface area contributed by atoms with E-state index in [4.69, 9.17) is 11.6 Å². The van der Waals surface area contributed by atoms with E-state index >= 15 is 0 Å². The smallest absolute Gasteiger partial charge is 0.284 e. The normalized spacial score (nSPS) is 13.3. The van der Waals surface area contributed by atoms with Gasteiger partial charge in [0.05, 0.1) is 28.9 Å². The minimum Gasteiger partial charge on any atom is -0.337 e. The van der Waals surface area contributed by atoms with Crippen LogP contribution in [0, 0.1) is 11.3 Å². The number of amides is 2. The van der Waals surface area contributed by atoms with Gasteiger partial charge in [0, 0.05) is 10.6 Å². The molecule has 0 aliphatic carbocycles. The standard InChI is InChI=1S/C20H13ClN4O2S/c21-15-6-2-5-14(8-15)18-17(13-4-1-3-12(7-13)9-22)24-19(28-18)20(27)25-10-16(26)23-11-25/h1-8H,10-11H2,(H,23,26). The zero-order valence-corrected chi connectivity index (χ0v) is 16.0. The molecule has 1 saturated heterocycles. The molecule has 0 saturated carbocycles. The topological polar surface area (TPSA) is 86.1 Å². The highest BCUT2D eigenvalue weighted by Crippen LogP contribution is 2.38. The van der Waals surface area contributed by atoms with Gasteiger partial charge >= 0.3 is 0 Å². The molecule has 28 heavy (non-hydrogen) atoms. The van der Waals surface area contributed by atoms with Gasteiger partial charge in [0.15, 0.2) is 5.01 Å². The van der Waals surface area contributed by atoms with Crippen LogP contribution in [0.15, 0.2) is 48.5 Å². The lowest BCUT2D eigenvalue weighted by molar-refractivity contribution is -0.118. The number of hydrogen-bond donors (Lipinski definition) is 1. The summed E-state index contributed by atoms with van der Waals surface area (Å²) in [5.74, 6) is -0.503. The molecule has 0 atom stereocenters. The maximum Gasteiger partial charge on any atom is 0.284 e. The maximum absolute atomic E-state index is 12.8. The van der Waals surface area contributed by atoms with Gasteiger partial charge in [-0.3, -0.25) is 9.59 Å². The monoisotopic (exact) mass is 408 g/mol. The molecular formula is C20H13ClN4O2S. The Bertz CT molecular complexity index is 1140. The number of hydrogen-bond acceptors (Lipinski definition) is 5. The molecule has 0 bridgehead atoms. The lowest BCUT2D eigenvalue weighted by Crippen LogP contribution is -2.29. The van der Waals surface area contributed by atoms with E-state index in [1.165, 1.54) is 16.2 Å². The summed E-state index contributed by atoms with van der Waals surface area (Å²) in [5.41, 5.74) is 2.67. The summed E-state index contributed by atoms with van der Waals surface area (Å²) in [4.78, 5) is 31.0. The van der Waals surface area contributed by atoms with Gasteiger partial charge in [0.1, 0.15) is 6.54 Å². The number of carbonyl (C=O) groups excluding carboxylic acids is 2. The Hall–Kier alpha value is -3.21. The van der Waals surface area contributed by atoms with Gasteiger partial charge in [-0.1, -0.05) is 35.9 Å². The van der Waals surface area contributed by atoms with Crippen LogP contribution in [0.2, 0.25) is 5.02 Å². The second-order valence-electron chi connectivity index (χ2n) is 6.16. The van der Waals surface area contributed by atoms with Crippen LogP contribution in [-0.2, 0) is 4.79 Å². The summed E-state index contributed by atoms with van der Waals surface area (Å²) in [6.07, 6.45) is 0. The van der Waals surface area contributed by atoms with Crippen molar-refractivity contribution in [2.75, 3.05) is 13.2 Å². The molecule has 0 radical (unpaired) electrons. The zero-order valence-electron chi connectivity index (χ0n) is 14.5. The van der Waals surface area contributed by atoms with Crippen LogP contribution in [0.3, 0.4) is 0 Å². The van der Waals surface area contributed by atoms with Crippen LogP contribution >= 0.6 is 22.9 Å². The number of nitrogens with one attached hydrogen (secondary N) is 1. The molecule has 2 aromatic carbocycles. The van der Waals surface area contributed by atoms with Crippen molar-refractivity contribution in [3.8, 4) is 27.8 Å². The van der Waals surface area contributed by atoms with E-state index in [0.717, 1.165) is 16.0 Å². The summed E-state index contributed by atoms with van der Waals surface area (Å²) in [7, 11) is 0. The molecule has 3 aromatic rings. The minimum absolute atomic E-state index is 0.0180. The lowest BCUT2D eigenvalue weighted by Gasteiger charge is -2.10. The first-order chi connectivity index (χ1) is 13.5. The number of thiazole rings is 1. The van der Waals surface area contributed by atoms with Gasteiger partial charge in [0.2, 0.25) is 5.91 Å². The Balaban J connectivity index is 1.83. The quantitative estimate of drug-likeness (QED) is 0.718. The first-order valence-electron chi connectivity index (χ1n) is 8.38. The molecule has 8 heteroatoms. The highest BCUT2D eigenvalue weighted by molar-refractivity contribution is 7.17. The van der Waals surface area contributed by atoms with Crippen molar-refractivity contribution in [1.82, 2.24) is 15.2 Å². The first-order valence-corrected chi connectivity index (χ1v) is 9.58. The molecule has 2 amide bonds. The SMILES string of the molecule is N#Cc1cccc(-c2nc(C(=O)N3CNC(=O)C3)sc2-c2cccc(Cl)c2)c1. The highest BCUT2D eigenvalue weighted by atomic mass is 35.5. The van der Waals surface area contributed by atoms with E-state index in [-0.39, 0.29) is 30.0 Å². The van der Waals surface area contributed by atoms with Crippen LogP contribution in [0.4, 0.5) is 0 Å². The van der Waals surface area contributed by atoms with Gasteiger partial charge in [0.25, 0.3) is 5.91 Å². The van der Waals surface area contributed by atoms with Crippen molar-refractivity contribution >= 4 is 34.8 Å². The first kappa shape index (κ1) is 18.2. The number of benzene rings is 2. The summed E-state index contributed by atoms with van der Waals surface area (Å²) >= 11 is 7.39. The number of carbonyl (C=O) groups is 2. The van der Waals surface area contributed by atoms with Crippen molar-refractivity contribution < 1.29 is 9.59 Å². The molecule has 1 aliphatic rings. The fourth-order valence-electron chi connectivity index (χ4n) is 2.92. The van der Waals surface area contributed by atoms with Crippen LogP contribution in [0.25, 0.3) is 21.7 Å². The van der Waals surface area contributed by atoms with Crippen molar-refractivity contribution in [3.05, 3.63) is 64.1 Å². The molecular weight excluding hydrogens is 396 g/mol. The Labute approximate surface area is 170 Å². The summed E-state index contributed by atoms with van der Waals surface area (Å²) in [6, 6.07) is 16.5. The van der Waals surface area contributed by atoms with E-state index in [9.17, 15) is 14.9 Å². The fraction of sp³-hybridized carbons (Fsp3) is 0.100. The molecule has 1 aliphatic heterocycles. The summed E-state index contributed by atoms with van der Waals surface area (Å²) < 4.78 is 0. The predicted octanol–water partition coefficient (Wildman–Crippen LogP) is 3.53. The van der Waals surface area contributed by atoms with Gasteiger partial charge in [-0.25, -0.2) is 4.98 Å². The van der Waals surface area contributed by atoms with Crippen molar-refractivity contribution in [2.24, 2.45) is 0 Å². The van der Waals surface area contributed by atoms with E-state index < -0.39 is 0 Å². The summed E-state index contributed by atoms with van der Waals surface area (Å²) in [5, 5.41) is 12.7. The average molecular weight is 409 g/mol. The lowest BCUT2D eigenvalue weighted by atomic mass is 10.0. The molecule has 1 fully saturated rings. The Morgan fingerprint density at radius 2 is 2.00 bits per heavy atom. The minimum atomic E-state index is -0.311. The number of nitriles is 1. The van der Waals surface area contributed by atoms with Crippen LogP contribution in [0.5, 0.6) is 0 Å². The molecule has 6 nitrogen and oxygen atoms in total. The number of aromatic nitrogens is 1. The van der Waals surface area contributed by atoms with Crippen molar-refractivity contribution in [2.45, 2.75) is 0 Å². The largest absolute Gasteiger partial charge is 0.337 e. The van der Waals surface area contributed by atoms with Crippen LogP contribution in [-0.4, -0.2) is 34.9 Å². The number of nitrogens with zero attached hydrogens (tertiary/aromatic N) is 3. The number of rotatable bonds is 3. The Morgan fingerprint density at radius 1 is 1.21 bits per heavy atom. The fourth-order valence-corrected chi connectivity index (χ4v) is 4.16. The van der Waals surface area contributed by atoms with E-state index in [2.05, 4.69) is 16.4 Å². The van der Waals surface area contributed by atoms with Gasteiger partial charge in [-0.15, -0.1) is 11.3 Å². The van der Waals surface area contributed by atoms with Gasteiger partial charge in [-0.2, -0.15) is 5.26 Å². The second kappa shape index (κ2) is 7.43. The van der Waals surface area contributed by atoms with Crippen molar-refractivity contribution in [1.29, 1.82) is 5.26 Å². The van der Waals surface area contributed by atoms with Gasteiger partial charge in [-0.05, 0) is 29.8 Å². The molecule has 2 heterocycles. The maximum atomic E-state index is 12.8. The number of halogens is 1. The van der Waals surface area contributed by atoms with Crippen LogP contribution < -0.4 is 5.32 Å². The highest BCUT2D eigenvalue weighted by Gasteiger charge is 2.28. The third-order valence-electron chi connectivity index (χ3n) is 4.25. The van der Waals surface area contributed by atoms with E-state index in [1.54, 1.807) is 24.3 Å². The molecule has 4 rings (SSSR count). The molecule has 0 unspecified atom stereocenters. The molecule has 1 aromatic heterocycles. The molecule has 0 spiro atoms. The van der Waals surface area contributed by atoms with Gasteiger partial charge < -0.3 is 10.2 Å². The summed E-state index contributed by atoms with van der Waals surface area (Å²) in [6.45, 7) is 0.188. The average Bonchev–Trinajstić information content (AvgIpc) is 3.34. The predicted molar refractivity (Wildman–Crippen MR) is 107 cm³/mol. The Kier molecular flexibility index (Phi) is 4.82. The van der Waals surface area contributed by atoms with Crippen LogP contribution in [0.1, 0.15) is 15.4 Å². The van der Waals surface area contributed by atoms with E-state index in [0.29, 0.717) is 16.3 Å². The van der Waals surface area contributed by atoms with E-state index in [1.807, 2.05) is 24.3 Å². The zero-order chi connectivity index (χ0) is 19.7. The van der Waals surface area contributed by atoms with Crippen molar-refractivity contribution in [3.63, 3.8) is 0 Å². The third kappa shape index (κ3) is 3.48. The Morgan fingerprint density at radius 3 is 2.71 bits per heavy atom. The molecule has 1 N–H and O–H groups in total. The molecule has 138 valence electrons. The second-order valence-corrected chi connectivity index (χ2v) is 7.60.